The van der Waals surface area contributed by atoms with Crippen molar-refractivity contribution in [2.24, 2.45) is 5.92 Å². The summed E-state index contributed by atoms with van der Waals surface area (Å²) in [4.78, 5) is 13.8. The molecular formula is C15H22N2O2. The first-order chi connectivity index (χ1) is 9.19. The van der Waals surface area contributed by atoms with Crippen molar-refractivity contribution in [3.8, 4) is 0 Å². The molecule has 104 valence electrons. The van der Waals surface area contributed by atoms with Gasteiger partial charge in [0, 0.05) is 24.8 Å². The lowest BCUT2D eigenvalue weighted by molar-refractivity contribution is 0.145. The molecular weight excluding hydrogens is 240 g/mol. The molecule has 1 amide bonds. The first-order valence-electron chi connectivity index (χ1n) is 6.92. The maximum absolute atomic E-state index is 11.5. The van der Waals surface area contributed by atoms with E-state index in [9.17, 15) is 4.79 Å². The Bertz CT molecular complexity index is 408. The molecule has 19 heavy (non-hydrogen) atoms. The predicted octanol–water partition coefficient (Wildman–Crippen LogP) is 2.65. The summed E-state index contributed by atoms with van der Waals surface area (Å²) in [6.07, 6.45) is 0.692. The number of nitrogens with zero attached hydrogens (tertiary/aromatic N) is 1. The first-order valence-corrected chi connectivity index (χ1v) is 6.92. The number of piperidine rings is 1. The van der Waals surface area contributed by atoms with Gasteiger partial charge in [0.25, 0.3) is 0 Å². The lowest BCUT2D eigenvalue weighted by Gasteiger charge is -2.38. The highest BCUT2D eigenvalue weighted by molar-refractivity contribution is 5.67. The molecule has 0 radical (unpaired) electrons. The van der Waals surface area contributed by atoms with Gasteiger partial charge in [0.15, 0.2) is 0 Å². The highest BCUT2D eigenvalue weighted by atomic mass is 16.5. The van der Waals surface area contributed by atoms with Gasteiger partial charge in [-0.15, -0.1) is 0 Å². The van der Waals surface area contributed by atoms with E-state index in [1.54, 1.807) is 0 Å². The number of amides is 1. The van der Waals surface area contributed by atoms with E-state index in [0.717, 1.165) is 19.5 Å². The number of anilines is 1. The lowest BCUT2D eigenvalue weighted by atomic mass is 9.95. The van der Waals surface area contributed by atoms with Crippen LogP contribution in [0.2, 0.25) is 0 Å². The van der Waals surface area contributed by atoms with Crippen LogP contribution in [-0.4, -0.2) is 31.8 Å². The molecule has 0 spiro atoms. The number of alkyl carbamates (subject to hydrolysis) is 1. The fourth-order valence-corrected chi connectivity index (χ4v) is 2.65. The maximum Gasteiger partial charge on any atom is 0.407 e. The molecule has 4 nitrogen and oxygen atoms in total. The number of carbonyl (C=O) groups excluding carboxylic acids is 1. The number of benzene rings is 1. The lowest BCUT2D eigenvalue weighted by Crippen LogP contribution is -2.50. The number of hydrogen-bond acceptors (Lipinski definition) is 3. The van der Waals surface area contributed by atoms with E-state index in [0.29, 0.717) is 12.5 Å². The molecule has 0 bridgehead atoms. The van der Waals surface area contributed by atoms with Gasteiger partial charge in [0.05, 0.1) is 6.61 Å². The van der Waals surface area contributed by atoms with Crippen molar-refractivity contribution in [2.45, 2.75) is 26.3 Å². The molecule has 1 aromatic rings. The van der Waals surface area contributed by atoms with Crippen LogP contribution >= 0.6 is 0 Å². The Balaban J connectivity index is 1.98. The van der Waals surface area contributed by atoms with Gasteiger partial charge in [-0.2, -0.15) is 0 Å². The van der Waals surface area contributed by atoms with Crippen LogP contribution in [0.4, 0.5) is 10.5 Å². The normalized spacial score (nSPS) is 22.9. The van der Waals surface area contributed by atoms with Crippen LogP contribution in [0.25, 0.3) is 0 Å². The van der Waals surface area contributed by atoms with Gasteiger partial charge in [-0.1, -0.05) is 25.1 Å². The van der Waals surface area contributed by atoms with Crippen molar-refractivity contribution < 1.29 is 9.53 Å². The summed E-state index contributed by atoms with van der Waals surface area (Å²) in [6, 6.07) is 10.5. The van der Waals surface area contributed by atoms with E-state index in [4.69, 9.17) is 4.74 Å². The molecule has 1 aromatic carbocycles. The highest BCUT2D eigenvalue weighted by Crippen LogP contribution is 2.22. The molecule has 1 saturated heterocycles. The first kappa shape index (κ1) is 13.7. The minimum atomic E-state index is -0.311. The summed E-state index contributed by atoms with van der Waals surface area (Å²) in [5.41, 5.74) is 1.21. The summed E-state index contributed by atoms with van der Waals surface area (Å²) in [6.45, 7) is 6.32. The molecule has 1 N–H and O–H groups in total. The maximum atomic E-state index is 11.5. The molecule has 0 saturated carbocycles. The van der Waals surface area contributed by atoms with Crippen LogP contribution in [0.15, 0.2) is 30.3 Å². The molecule has 4 heteroatoms. The van der Waals surface area contributed by atoms with Crippen LogP contribution in [-0.2, 0) is 4.74 Å². The van der Waals surface area contributed by atoms with E-state index in [1.165, 1.54) is 5.69 Å². The third-order valence-electron chi connectivity index (χ3n) is 3.38. The van der Waals surface area contributed by atoms with Crippen LogP contribution in [0.5, 0.6) is 0 Å². The van der Waals surface area contributed by atoms with Crippen molar-refractivity contribution in [1.29, 1.82) is 0 Å². The molecule has 1 fully saturated rings. The molecule has 0 aromatic heterocycles. The smallest absolute Gasteiger partial charge is 0.407 e. The Morgan fingerprint density at radius 1 is 1.37 bits per heavy atom. The Morgan fingerprint density at radius 3 is 2.79 bits per heavy atom. The zero-order valence-electron chi connectivity index (χ0n) is 11.6. The zero-order chi connectivity index (χ0) is 13.7. The van der Waals surface area contributed by atoms with Gasteiger partial charge in [0.1, 0.15) is 0 Å². The second-order valence-corrected chi connectivity index (χ2v) is 5.14. The van der Waals surface area contributed by atoms with Crippen molar-refractivity contribution in [1.82, 2.24) is 5.32 Å². The number of rotatable bonds is 3. The summed E-state index contributed by atoms with van der Waals surface area (Å²) in [5.74, 6) is 0.556. The monoisotopic (exact) mass is 262 g/mol. The summed E-state index contributed by atoms with van der Waals surface area (Å²) in [7, 11) is 0. The second-order valence-electron chi connectivity index (χ2n) is 5.14. The van der Waals surface area contributed by atoms with E-state index in [1.807, 2.05) is 25.1 Å². The van der Waals surface area contributed by atoms with E-state index in [-0.39, 0.29) is 12.1 Å². The number of ether oxygens (including phenoxy) is 1. The third-order valence-corrected chi connectivity index (χ3v) is 3.38. The summed E-state index contributed by atoms with van der Waals surface area (Å²) in [5, 5.41) is 2.95. The number of carbonyl (C=O) groups is 1. The highest BCUT2D eigenvalue weighted by Gasteiger charge is 2.26. The number of hydrogen-bond donors (Lipinski definition) is 1. The molecule has 1 aliphatic rings. The third kappa shape index (κ3) is 3.88. The molecule has 2 atom stereocenters. The van der Waals surface area contributed by atoms with Crippen molar-refractivity contribution in [2.75, 3.05) is 24.6 Å². The topological polar surface area (TPSA) is 41.6 Å². The summed E-state index contributed by atoms with van der Waals surface area (Å²) < 4.78 is 4.95. The van der Waals surface area contributed by atoms with Crippen molar-refractivity contribution in [3.63, 3.8) is 0 Å². The largest absolute Gasteiger partial charge is 0.450 e. The Hall–Kier alpha value is -1.71. The fourth-order valence-electron chi connectivity index (χ4n) is 2.65. The minimum Gasteiger partial charge on any atom is -0.450 e. The number of para-hydroxylation sites is 1. The van der Waals surface area contributed by atoms with Crippen molar-refractivity contribution in [3.05, 3.63) is 30.3 Å². The fraction of sp³-hybridized carbons (Fsp3) is 0.533. The van der Waals surface area contributed by atoms with Crippen LogP contribution in [0, 0.1) is 5.92 Å². The molecule has 2 unspecified atom stereocenters. The van der Waals surface area contributed by atoms with Crippen LogP contribution in [0.1, 0.15) is 20.3 Å². The summed E-state index contributed by atoms with van der Waals surface area (Å²) >= 11 is 0. The van der Waals surface area contributed by atoms with E-state index in [2.05, 4.69) is 29.3 Å². The second kappa shape index (κ2) is 6.45. The van der Waals surface area contributed by atoms with Crippen LogP contribution < -0.4 is 10.2 Å². The van der Waals surface area contributed by atoms with Gasteiger partial charge in [0.2, 0.25) is 0 Å². The van der Waals surface area contributed by atoms with E-state index < -0.39 is 0 Å². The Labute approximate surface area is 114 Å². The quantitative estimate of drug-likeness (QED) is 0.910. The Kier molecular flexibility index (Phi) is 4.66. The molecule has 0 aliphatic carbocycles. The standard InChI is InChI=1S/C15H22N2O2/c1-3-19-15(18)16-13-9-12(2)10-17(11-13)14-7-5-4-6-8-14/h4-8,12-13H,3,9-11H2,1-2H3,(H,16,18). The van der Waals surface area contributed by atoms with Gasteiger partial charge in [-0.05, 0) is 31.4 Å². The van der Waals surface area contributed by atoms with Crippen molar-refractivity contribution >= 4 is 11.8 Å². The Morgan fingerprint density at radius 2 is 2.11 bits per heavy atom. The molecule has 1 heterocycles. The van der Waals surface area contributed by atoms with Gasteiger partial charge in [-0.25, -0.2) is 4.79 Å². The van der Waals surface area contributed by atoms with Crippen LogP contribution in [0.3, 0.4) is 0 Å². The van der Waals surface area contributed by atoms with Gasteiger partial charge >= 0.3 is 6.09 Å². The average molecular weight is 262 g/mol. The van der Waals surface area contributed by atoms with Gasteiger partial charge < -0.3 is 15.0 Å². The SMILES string of the molecule is CCOC(=O)NC1CC(C)CN(c2ccccc2)C1. The van der Waals surface area contributed by atoms with E-state index >= 15 is 0 Å². The zero-order valence-corrected chi connectivity index (χ0v) is 11.6. The predicted molar refractivity (Wildman–Crippen MR) is 76.4 cm³/mol. The minimum absolute atomic E-state index is 0.156. The molecule has 2 rings (SSSR count). The van der Waals surface area contributed by atoms with Gasteiger partial charge in [-0.3, -0.25) is 0 Å². The average Bonchev–Trinajstić information content (AvgIpc) is 2.39. The number of nitrogens with one attached hydrogen (secondary N) is 1. The molecule has 1 aliphatic heterocycles.